The van der Waals surface area contributed by atoms with E-state index in [1.54, 1.807) is 18.2 Å². The quantitative estimate of drug-likeness (QED) is 0.382. The maximum absolute atomic E-state index is 12.6. The normalized spacial score (nSPS) is 11.1. The molecule has 0 fully saturated rings. The van der Waals surface area contributed by atoms with Crippen LogP contribution in [-0.2, 0) is 11.2 Å². The lowest BCUT2D eigenvalue weighted by Gasteiger charge is -2.09. The molecule has 0 radical (unpaired) electrons. The molecule has 1 heterocycles. The molecular formula is C25H18N2O2S. The number of phenolic OH excluding ortho intramolecular Hbond substituents is 1. The molecule has 0 aliphatic rings. The second-order valence-corrected chi connectivity index (χ2v) is 8.11. The molecular weight excluding hydrogens is 392 g/mol. The van der Waals surface area contributed by atoms with E-state index in [-0.39, 0.29) is 18.1 Å². The molecule has 1 amide bonds. The molecule has 0 atom stereocenters. The number of anilines is 1. The van der Waals surface area contributed by atoms with E-state index in [1.807, 2.05) is 66.7 Å². The summed E-state index contributed by atoms with van der Waals surface area (Å²) in [5, 5.41) is 16.4. The number of fused-ring (bicyclic) bond motifs is 2. The zero-order valence-corrected chi connectivity index (χ0v) is 16.8. The number of carbonyl (C=O) groups excluding carboxylic acids is 1. The Labute approximate surface area is 177 Å². The van der Waals surface area contributed by atoms with Gasteiger partial charge in [-0.1, -0.05) is 54.6 Å². The summed E-state index contributed by atoms with van der Waals surface area (Å²) in [6, 6.07) is 27.0. The Hall–Kier alpha value is -3.70. The summed E-state index contributed by atoms with van der Waals surface area (Å²) in [6.45, 7) is 0. The van der Waals surface area contributed by atoms with Crippen molar-refractivity contribution in [2.24, 2.45) is 0 Å². The molecule has 4 aromatic carbocycles. The topological polar surface area (TPSA) is 62.2 Å². The van der Waals surface area contributed by atoms with Gasteiger partial charge in [0, 0.05) is 11.8 Å². The molecule has 1 aromatic heterocycles. The largest absolute Gasteiger partial charge is 0.507 e. The van der Waals surface area contributed by atoms with Gasteiger partial charge in [0.05, 0.1) is 22.2 Å². The zero-order chi connectivity index (χ0) is 20.5. The molecule has 30 heavy (non-hydrogen) atoms. The van der Waals surface area contributed by atoms with Crippen LogP contribution in [0.15, 0.2) is 84.9 Å². The summed E-state index contributed by atoms with van der Waals surface area (Å²) in [4.78, 5) is 17.2. The van der Waals surface area contributed by atoms with E-state index in [0.717, 1.165) is 31.6 Å². The Balaban J connectivity index is 1.36. The number of thiazole rings is 1. The van der Waals surface area contributed by atoms with E-state index in [2.05, 4.69) is 10.3 Å². The monoisotopic (exact) mass is 410 g/mol. The summed E-state index contributed by atoms with van der Waals surface area (Å²) in [5.41, 5.74) is 3.09. The van der Waals surface area contributed by atoms with Gasteiger partial charge in [-0.3, -0.25) is 4.79 Å². The van der Waals surface area contributed by atoms with E-state index in [0.29, 0.717) is 11.3 Å². The lowest BCUT2D eigenvalue weighted by Crippen LogP contribution is -2.14. The standard InChI is InChI=1S/C25H18N2O2S/c28-22-15-18(12-13-20(22)25-27-21-10-3-4-11-23(21)30-25)26-24(29)14-17-8-5-7-16-6-1-2-9-19(16)17/h1-13,15,28H,14H2,(H,26,29). The highest BCUT2D eigenvalue weighted by molar-refractivity contribution is 7.21. The number of phenols is 1. The molecule has 0 spiro atoms. The Bertz CT molecular complexity index is 1350. The third-order valence-electron chi connectivity index (χ3n) is 5.04. The van der Waals surface area contributed by atoms with Crippen molar-refractivity contribution in [3.05, 3.63) is 90.5 Å². The molecule has 0 saturated heterocycles. The van der Waals surface area contributed by atoms with Crippen molar-refractivity contribution in [2.45, 2.75) is 6.42 Å². The van der Waals surface area contributed by atoms with Gasteiger partial charge >= 0.3 is 0 Å². The molecule has 5 rings (SSSR count). The average Bonchev–Trinajstić information content (AvgIpc) is 3.18. The third-order valence-corrected chi connectivity index (χ3v) is 6.11. The van der Waals surface area contributed by atoms with Crippen LogP contribution in [0.25, 0.3) is 31.6 Å². The van der Waals surface area contributed by atoms with Gasteiger partial charge in [0.1, 0.15) is 10.8 Å². The number of carbonyl (C=O) groups is 1. The molecule has 0 bridgehead atoms. The molecule has 0 saturated carbocycles. The first-order chi connectivity index (χ1) is 14.7. The van der Waals surface area contributed by atoms with Gasteiger partial charge in [-0.15, -0.1) is 11.3 Å². The van der Waals surface area contributed by atoms with Crippen LogP contribution in [0.4, 0.5) is 5.69 Å². The number of hydrogen-bond donors (Lipinski definition) is 2. The van der Waals surface area contributed by atoms with Crippen molar-refractivity contribution in [3.8, 4) is 16.3 Å². The van der Waals surface area contributed by atoms with Gasteiger partial charge in [-0.25, -0.2) is 4.98 Å². The summed E-state index contributed by atoms with van der Waals surface area (Å²) < 4.78 is 1.07. The maximum atomic E-state index is 12.6. The zero-order valence-electron chi connectivity index (χ0n) is 16.0. The van der Waals surface area contributed by atoms with E-state index >= 15 is 0 Å². The molecule has 0 aliphatic heterocycles. The fourth-order valence-electron chi connectivity index (χ4n) is 3.60. The summed E-state index contributed by atoms with van der Waals surface area (Å²) in [6.07, 6.45) is 0.266. The third kappa shape index (κ3) is 3.51. The van der Waals surface area contributed by atoms with Gasteiger partial charge in [0.15, 0.2) is 0 Å². The lowest BCUT2D eigenvalue weighted by atomic mass is 10.0. The molecule has 0 aliphatic carbocycles. The van der Waals surface area contributed by atoms with Crippen LogP contribution in [0, 0.1) is 0 Å². The fourth-order valence-corrected chi connectivity index (χ4v) is 4.60. The van der Waals surface area contributed by atoms with Crippen molar-refractivity contribution in [1.82, 2.24) is 4.98 Å². The van der Waals surface area contributed by atoms with Gasteiger partial charge < -0.3 is 10.4 Å². The van der Waals surface area contributed by atoms with Crippen LogP contribution in [-0.4, -0.2) is 16.0 Å². The molecule has 4 nitrogen and oxygen atoms in total. The summed E-state index contributed by atoms with van der Waals surface area (Å²) in [5.74, 6) is -0.0319. The highest BCUT2D eigenvalue weighted by Crippen LogP contribution is 2.36. The Kier molecular flexibility index (Phi) is 4.65. The number of nitrogens with one attached hydrogen (secondary N) is 1. The van der Waals surface area contributed by atoms with Gasteiger partial charge in [-0.2, -0.15) is 0 Å². The van der Waals surface area contributed by atoms with Crippen molar-refractivity contribution < 1.29 is 9.90 Å². The molecule has 2 N–H and O–H groups in total. The Morgan fingerprint density at radius 2 is 1.73 bits per heavy atom. The van der Waals surface area contributed by atoms with Crippen LogP contribution in [0.3, 0.4) is 0 Å². The van der Waals surface area contributed by atoms with Crippen molar-refractivity contribution >= 4 is 43.9 Å². The number of hydrogen-bond acceptors (Lipinski definition) is 4. The molecule has 0 unspecified atom stereocenters. The number of nitrogens with zero attached hydrogens (tertiary/aromatic N) is 1. The minimum atomic E-state index is -0.126. The minimum Gasteiger partial charge on any atom is -0.507 e. The summed E-state index contributed by atoms with van der Waals surface area (Å²) >= 11 is 1.53. The predicted octanol–water partition coefficient (Wildman–Crippen LogP) is 6.00. The van der Waals surface area contributed by atoms with Crippen LogP contribution in [0.1, 0.15) is 5.56 Å². The first-order valence-electron chi connectivity index (χ1n) is 9.63. The maximum Gasteiger partial charge on any atom is 0.228 e. The number of benzene rings is 4. The Morgan fingerprint density at radius 3 is 2.60 bits per heavy atom. The second kappa shape index (κ2) is 7.61. The first kappa shape index (κ1) is 18.3. The highest BCUT2D eigenvalue weighted by Gasteiger charge is 2.13. The molecule has 5 aromatic rings. The van der Waals surface area contributed by atoms with Crippen molar-refractivity contribution in [3.63, 3.8) is 0 Å². The van der Waals surface area contributed by atoms with Crippen LogP contribution in [0.2, 0.25) is 0 Å². The average molecular weight is 410 g/mol. The van der Waals surface area contributed by atoms with Gasteiger partial charge in [0.2, 0.25) is 5.91 Å². The fraction of sp³-hybridized carbons (Fsp3) is 0.0400. The molecule has 5 heteroatoms. The van der Waals surface area contributed by atoms with E-state index in [4.69, 9.17) is 0 Å². The predicted molar refractivity (Wildman–Crippen MR) is 123 cm³/mol. The number of aromatic nitrogens is 1. The van der Waals surface area contributed by atoms with Crippen LogP contribution in [0.5, 0.6) is 5.75 Å². The van der Waals surface area contributed by atoms with Crippen LogP contribution >= 0.6 is 11.3 Å². The number of para-hydroxylation sites is 1. The summed E-state index contributed by atoms with van der Waals surface area (Å²) in [7, 11) is 0. The minimum absolute atomic E-state index is 0.0945. The first-order valence-corrected chi connectivity index (χ1v) is 10.4. The second-order valence-electron chi connectivity index (χ2n) is 7.08. The number of amides is 1. The van der Waals surface area contributed by atoms with E-state index in [9.17, 15) is 9.90 Å². The van der Waals surface area contributed by atoms with Crippen LogP contribution < -0.4 is 5.32 Å². The van der Waals surface area contributed by atoms with E-state index < -0.39 is 0 Å². The lowest BCUT2D eigenvalue weighted by molar-refractivity contribution is -0.115. The number of aromatic hydroxyl groups is 1. The van der Waals surface area contributed by atoms with E-state index in [1.165, 1.54) is 11.3 Å². The highest BCUT2D eigenvalue weighted by atomic mass is 32.1. The SMILES string of the molecule is O=C(Cc1cccc2ccccc12)Nc1ccc(-c2nc3ccccc3s2)c(O)c1. The smallest absolute Gasteiger partial charge is 0.228 e. The van der Waals surface area contributed by atoms with Crippen molar-refractivity contribution in [1.29, 1.82) is 0 Å². The van der Waals surface area contributed by atoms with Gasteiger partial charge in [-0.05, 0) is 40.6 Å². The van der Waals surface area contributed by atoms with Gasteiger partial charge in [0.25, 0.3) is 0 Å². The number of rotatable bonds is 4. The Morgan fingerprint density at radius 1 is 0.933 bits per heavy atom. The van der Waals surface area contributed by atoms with Crippen molar-refractivity contribution in [2.75, 3.05) is 5.32 Å². The molecule has 146 valence electrons.